The number of amides is 2. The number of carbonyl (C=O) groups is 1. The predicted octanol–water partition coefficient (Wildman–Crippen LogP) is 4.63. The second kappa shape index (κ2) is 6.84. The summed E-state index contributed by atoms with van der Waals surface area (Å²) in [6, 6.07) is 7.88. The molecule has 27 heavy (non-hydrogen) atoms. The van der Waals surface area contributed by atoms with E-state index in [0.29, 0.717) is 5.69 Å². The molecule has 6 nitrogen and oxygen atoms in total. The highest BCUT2D eigenvalue weighted by molar-refractivity contribution is 7.07. The summed E-state index contributed by atoms with van der Waals surface area (Å²) >= 11 is 1.51. The lowest BCUT2D eigenvalue weighted by Gasteiger charge is -2.19. The van der Waals surface area contributed by atoms with Crippen LogP contribution >= 0.6 is 11.3 Å². The first-order valence-corrected chi connectivity index (χ1v) is 9.00. The highest BCUT2D eigenvalue weighted by Gasteiger charge is 2.23. The van der Waals surface area contributed by atoms with Gasteiger partial charge >= 0.3 is 6.03 Å². The molecule has 0 aliphatic carbocycles. The van der Waals surface area contributed by atoms with E-state index in [1.807, 2.05) is 11.4 Å². The fourth-order valence-electron chi connectivity index (χ4n) is 2.80. The van der Waals surface area contributed by atoms with Crippen LogP contribution < -0.4 is 20.9 Å². The van der Waals surface area contributed by atoms with Crippen molar-refractivity contribution in [1.29, 1.82) is 0 Å². The van der Waals surface area contributed by atoms with E-state index >= 15 is 0 Å². The molecule has 0 saturated carbocycles. The van der Waals surface area contributed by atoms with E-state index in [9.17, 15) is 13.6 Å². The van der Waals surface area contributed by atoms with Crippen molar-refractivity contribution in [2.24, 2.45) is 0 Å². The summed E-state index contributed by atoms with van der Waals surface area (Å²) in [5, 5.41) is 11.3. The zero-order valence-corrected chi connectivity index (χ0v) is 15.0. The van der Waals surface area contributed by atoms with Crippen molar-refractivity contribution in [3.8, 4) is 0 Å². The maximum atomic E-state index is 13.9. The zero-order valence-electron chi connectivity index (χ0n) is 14.2. The van der Waals surface area contributed by atoms with Crippen LogP contribution in [-0.2, 0) is 0 Å². The molecule has 1 aromatic heterocycles. The number of aromatic nitrogens is 1. The molecule has 0 spiro atoms. The summed E-state index contributed by atoms with van der Waals surface area (Å²) in [7, 11) is 1.41. The molecule has 4 rings (SSSR count). The number of anilines is 4. The predicted molar refractivity (Wildman–Crippen MR) is 102 cm³/mol. The van der Waals surface area contributed by atoms with Gasteiger partial charge in [0.2, 0.25) is 0 Å². The highest BCUT2D eigenvalue weighted by Crippen LogP contribution is 2.37. The van der Waals surface area contributed by atoms with E-state index in [0.717, 1.165) is 34.1 Å². The first-order valence-electron chi connectivity index (χ1n) is 8.06. The highest BCUT2D eigenvalue weighted by atomic mass is 32.1. The standard InChI is InChI=1S/C18H15F2N5OS/c1-25(16-5-2-10(19)6-12(16)20)18(26)22-11-3-4-13-14(7-11)24-17(23-13)15-8-27-9-21-15/h2-9,17,23-24H,1H3,(H,22,26). The molecule has 1 aliphatic heterocycles. The van der Waals surface area contributed by atoms with Crippen LogP contribution in [0.15, 0.2) is 47.3 Å². The summed E-state index contributed by atoms with van der Waals surface area (Å²) in [6.07, 6.45) is -0.131. The van der Waals surface area contributed by atoms with Gasteiger partial charge in [0.1, 0.15) is 17.8 Å². The number of carbonyl (C=O) groups excluding carboxylic acids is 1. The Labute approximate surface area is 157 Å². The van der Waals surface area contributed by atoms with Gasteiger partial charge in [0.15, 0.2) is 0 Å². The van der Waals surface area contributed by atoms with Crippen LogP contribution in [0.25, 0.3) is 0 Å². The van der Waals surface area contributed by atoms with Crippen molar-refractivity contribution in [3.63, 3.8) is 0 Å². The number of benzene rings is 2. The van der Waals surface area contributed by atoms with Gasteiger partial charge in [-0.05, 0) is 30.3 Å². The Balaban J connectivity index is 1.48. The third-order valence-electron chi connectivity index (χ3n) is 4.19. The minimum Gasteiger partial charge on any atom is -0.359 e. The van der Waals surface area contributed by atoms with Gasteiger partial charge < -0.3 is 16.0 Å². The molecule has 0 saturated heterocycles. The molecule has 1 unspecified atom stereocenters. The Morgan fingerprint density at radius 3 is 2.74 bits per heavy atom. The van der Waals surface area contributed by atoms with Crippen LogP contribution in [0, 0.1) is 11.6 Å². The number of fused-ring (bicyclic) bond motifs is 1. The Morgan fingerprint density at radius 2 is 2.00 bits per heavy atom. The van der Waals surface area contributed by atoms with E-state index < -0.39 is 17.7 Å². The van der Waals surface area contributed by atoms with Crippen molar-refractivity contribution in [2.45, 2.75) is 6.17 Å². The first-order chi connectivity index (χ1) is 13.0. The fourth-order valence-corrected chi connectivity index (χ4v) is 3.38. The Hall–Kier alpha value is -3.20. The molecule has 2 heterocycles. The Morgan fingerprint density at radius 1 is 1.19 bits per heavy atom. The number of thiazole rings is 1. The van der Waals surface area contributed by atoms with Crippen LogP contribution in [-0.4, -0.2) is 18.1 Å². The lowest BCUT2D eigenvalue weighted by Crippen LogP contribution is -2.31. The minimum absolute atomic E-state index is 0.0153. The van der Waals surface area contributed by atoms with Crippen molar-refractivity contribution >= 4 is 40.1 Å². The monoisotopic (exact) mass is 387 g/mol. The van der Waals surface area contributed by atoms with E-state index in [1.165, 1.54) is 24.5 Å². The van der Waals surface area contributed by atoms with Crippen molar-refractivity contribution in [1.82, 2.24) is 4.98 Å². The SMILES string of the molecule is CN(C(=O)Nc1ccc2c(c1)NC(c1cscn1)N2)c1ccc(F)cc1F. The quantitative estimate of drug-likeness (QED) is 0.613. The lowest BCUT2D eigenvalue weighted by atomic mass is 10.2. The maximum absolute atomic E-state index is 13.9. The molecule has 138 valence electrons. The number of halogens is 2. The molecule has 9 heteroatoms. The smallest absolute Gasteiger partial charge is 0.326 e. The molecule has 0 radical (unpaired) electrons. The number of hydrogen-bond acceptors (Lipinski definition) is 5. The Kier molecular flexibility index (Phi) is 4.36. The number of nitrogens with one attached hydrogen (secondary N) is 3. The van der Waals surface area contributed by atoms with E-state index in [-0.39, 0.29) is 11.9 Å². The van der Waals surface area contributed by atoms with Gasteiger partial charge in [-0.1, -0.05) is 0 Å². The molecule has 2 aromatic carbocycles. The van der Waals surface area contributed by atoms with Crippen molar-refractivity contribution in [2.75, 3.05) is 27.9 Å². The molecule has 2 amide bonds. The van der Waals surface area contributed by atoms with E-state index in [2.05, 4.69) is 20.9 Å². The second-order valence-corrected chi connectivity index (χ2v) is 6.70. The summed E-state index contributed by atoms with van der Waals surface area (Å²) < 4.78 is 26.9. The van der Waals surface area contributed by atoms with Gasteiger partial charge in [0, 0.05) is 24.2 Å². The first kappa shape index (κ1) is 17.2. The van der Waals surface area contributed by atoms with Gasteiger partial charge in [-0.25, -0.2) is 18.6 Å². The molecular weight excluding hydrogens is 372 g/mol. The molecule has 0 fully saturated rings. The van der Waals surface area contributed by atoms with E-state index in [1.54, 1.807) is 17.6 Å². The van der Waals surface area contributed by atoms with E-state index in [4.69, 9.17) is 0 Å². The van der Waals surface area contributed by atoms with Crippen LogP contribution in [0.4, 0.5) is 36.3 Å². The summed E-state index contributed by atoms with van der Waals surface area (Å²) in [5.41, 5.74) is 4.89. The maximum Gasteiger partial charge on any atom is 0.326 e. The summed E-state index contributed by atoms with van der Waals surface area (Å²) in [5.74, 6) is -1.50. The third-order valence-corrected chi connectivity index (χ3v) is 4.80. The van der Waals surface area contributed by atoms with Crippen LogP contribution in [0.2, 0.25) is 0 Å². The number of urea groups is 1. The topological polar surface area (TPSA) is 69.3 Å². The van der Waals surface area contributed by atoms with Gasteiger partial charge in [-0.15, -0.1) is 11.3 Å². The Bertz CT molecular complexity index is 995. The van der Waals surface area contributed by atoms with Crippen LogP contribution in [0.1, 0.15) is 11.9 Å². The second-order valence-electron chi connectivity index (χ2n) is 5.98. The summed E-state index contributed by atoms with van der Waals surface area (Å²) in [6.45, 7) is 0. The number of hydrogen-bond donors (Lipinski definition) is 3. The van der Waals surface area contributed by atoms with Gasteiger partial charge in [-0.3, -0.25) is 4.90 Å². The van der Waals surface area contributed by atoms with Crippen molar-refractivity contribution in [3.05, 3.63) is 64.6 Å². The van der Waals surface area contributed by atoms with Crippen LogP contribution in [0.5, 0.6) is 0 Å². The zero-order chi connectivity index (χ0) is 19.0. The normalized spacial score (nSPS) is 14.9. The molecule has 3 N–H and O–H groups in total. The molecular formula is C18H15F2N5OS. The fraction of sp³-hybridized carbons (Fsp3) is 0.111. The van der Waals surface area contributed by atoms with Gasteiger partial charge in [0.05, 0.1) is 28.3 Å². The third kappa shape index (κ3) is 3.41. The lowest BCUT2D eigenvalue weighted by molar-refractivity contribution is 0.258. The van der Waals surface area contributed by atoms with Crippen molar-refractivity contribution < 1.29 is 13.6 Å². The summed E-state index contributed by atoms with van der Waals surface area (Å²) in [4.78, 5) is 17.8. The largest absolute Gasteiger partial charge is 0.359 e. The van der Waals surface area contributed by atoms with Gasteiger partial charge in [0.25, 0.3) is 0 Å². The molecule has 1 atom stereocenters. The molecule has 3 aromatic rings. The average Bonchev–Trinajstić information content (AvgIpc) is 3.30. The average molecular weight is 387 g/mol. The number of rotatable bonds is 3. The molecule has 0 bridgehead atoms. The van der Waals surface area contributed by atoms with Gasteiger partial charge in [-0.2, -0.15) is 0 Å². The van der Waals surface area contributed by atoms with Crippen LogP contribution in [0.3, 0.4) is 0 Å². The molecule has 1 aliphatic rings. The minimum atomic E-state index is -0.807. The number of nitrogens with zero attached hydrogens (tertiary/aromatic N) is 2.